The number of nitrogens with zero attached hydrogens (tertiary/aromatic N) is 2. The molecule has 0 fully saturated rings. The Hall–Kier alpha value is -2.93. The second kappa shape index (κ2) is 6.66. The molecule has 0 unspecified atom stereocenters. The van der Waals surface area contributed by atoms with E-state index in [-0.39, 0.29) is 11.1 Å². The van der Waals surface area contributed by atoms with Crippen LogP contribution in [-0.2, 0) is 6.54 Å². The topological polar surface area (TPSA) is 81.4 Å². The molecule has 4 rings (SSSR count). The molecule has 7 heteroatoms. The Morgan fingerprint density at radius 1 is 1.30 bits per heavy atom. The number of carboxylic acids is 1. The maximum atomic E-state index is 12.8. The molecule has 1 aliphatic rings. The lowest BCUT2D eigenvalue weighted by atomic mass is 10.1. The summed E-state index contributed by atoms with van der Waals surface area (Å²) in [7, 11) is 1.61. The number of hydrogen-bond acceptors (Lipinski definition) is 4. The number of carboxylic acid groups (broad SMARTS) is 1. The number of hydrogen-bond donors (Lipinski definition) is 1. The summed E-state index contributed by atoms with van der Waals surface area (Å²) in [6, 6.07) is 10.1. The van der Waals surface area contributed by atoms with Crippen LogP contribution in [0.15, 0.2) is 45.7 Å². The molecule has 0 saturated carbocycles. The van der Waals surface area contributed by atoms with Crippen LogP contribution in [-0.4, -0.2) is 27.7 Å². The Bertz CT molecular complexity index is 1180. The number of rotatable bonds is 3. The maximum absolute atomic E-state index is 12.8. The quantitative estimate of drug-likeness (QED) is 0.688. The number of carbonyl (C=O) groups is 1. The third-order valence-corrected chi connectivity index (χ3v) is 5.11. The average molecular weight is 427 g/mol. The molecule has 0 aliphatic carbocycles. The molecular formula is C20H15BrN2O4. The van der Waals surface area contributed by atoms with Crippen molar-refractivity contribution >= 4 is 44.5 Å². The van der Waals surface area contributed by atoms with E-state index in [0.717, 1.165) is 21.4 Å². The summed E-state index contributed by atoms with van der Waals surface area (Å²) in [5.41, 5.74) is 2.13. The fourth-order valence-corrected chi connectivity index (χ4v) is 3.67. The molecule has 0 radical (unpaired) electrons. The monoisotopic (exact) mass is 426 g/mol. The Balaban J connectivity index is 1.91. The van der Waals surface area contributed by atoms with Crippen molar-refractivity contribution in [3.8, 4) is 5.75 Å². The van der Waals surface area contributed by atoms with Crippen molar-refractivity contribution in [3.05, 3.63) is 68.2 Å². The summed E-state index contributed by atoms with van der Waals surface area (Å²) in [5.74, 6) is 0.242. The van der Waals surface area contributed by atoms with E-state index in [4.69, 9.17) is 4.74 Å². The average Bonchev–Trinajstić information content (AvgIpc) is 3.04. The van der Waals surface area contributed by atoms with E-state index in [1.54, 1.807) is 11.7 Å². The summed E-state index contributed by atoms with van der Waals surface area (Å²) >= 11 is 3.46. The normalized spacial score (nSPS) is 14.5. The molecule has 6 nitrogen and oxygen atoms in total. The van der Waals surface area contributed by atoms with Gasteiger partial charge in [0.25, 0.3) is 5.56 Å². The SMILES string of the molecule is COc1ccc(Br)cc1/C=C1/CCn2c1nc1cc(C(=O)O)ccc1c2=O. The van der Waals surface area contributed by atoms with Crippen LogP contribution in [0.3, 0.4) is 0 Å². The lowest BCUT2D eigenvalue weighted by Gasteiger charge is -2.08. The van der Waals surface area contributed by atoms with Gasteiger partial charge in [-0.15, -0.1) is 0 Å². The lowest BCUT2D eigenvalue weighted by molar-refractivity contribution is 0.0697. The van der Waals surface area contributed by atoms with Crippen molar-refractivity contribution in [2.45, 2.75) is 13.0 Å². The van der Waals surface area contributed by atoms with Crippen molar-refractivity contribution in [1.82, 2.24) is 9.55 Å². The van der Waals surface area contributed by atoms with Crippen LogP contribution in [0.5, 0.6) is 5.75 Å². The predicted octanol–water partition coefficient (Wildman–Crippen LogP) is 3.81. The molecule has 2 aromatic carbocycles. The van der Waals surface area contributed by atoms with Crippen molar-refractivity contribution in [1.29, 1.82) is 0 Å². The van der Waals surface area contributed by atoms with Crippen LogP contribution in [0.4, 0.5) is 0 Å². The van der Waals surface area contributed by atoms with Crippen LogP contribution in [0.2, 0.25) is 0 Å². The van der Waals surface area contributed by atoms with E-state index in [2.05, 4.69) is 20.9 Å². The fourth-order valence-electron chi connectivity index (χ4n) is 3.29. The summed E-state index contributed by atoms with van der Waals surface area (Å²) in [4.78, 5) is 28.6. The smallest absolute Gasteiger partial charge is 0.335 e. The van der Waals surface area contributed by atoms with Crippen molar-refractivity contribution in [2.24, 2.45) is 0 Å². The zero-order chi connectivity index (χ0) is 19.1. The number of aromatic nitrogens is 2. The standard InChI is InChI=1S/C20H15BrN2O4/c1-27-17-5-3-14(21)9-13(17)8-11-6-7-23-18(11)22-16-10-12(20(25)26)2-4-15(16)19(23)24/h2-5,8-10H,6-7H2,1H3,(H,25,26)/b11-8-. The second-order valence-electron chi connectivity index (χ2n) is 6.24. The van der Waals surface area contributed by atoms with E-state index in [9.17, 15) is 14.7 Å². The van der Waals surface area contributed by atoms with Crippen LogP contribution >= 0.6 is 15.9 Å². The summed E-state index contributed by atoms with van der Waals surface area (Å²) < 4.78 is 7.97. The highest BCUT2D eigenvalue weighted by Crippen LogP contribution is 2.31. The Labute approximate surface area is 162 Å². The molecule has 2 heterocycles. The van der Waals surface area contributed by atoms with E-state index in [1.807, 2.05) is 24.3 Å². The third kappa shape index (κ3) is 3.04. The van der Waals surface area contributed by atoms with Gasteiger partial charge in [0, 0.05) is 16.6 Å². The van der Waals surface area contributed by atoms with Crippen molar-refractivity contribution in [2.75, 3.05) is 7.11 Å². The van der Waals surface area contributed by atoms with E-state index in [1.165, 1.54) is 18.2 Å². The highest BCUT2D eigenvalue weighted by Gasteiger charge is 2.22. The van der Waals surface area contributed by atoms with Gasteiger partial charge in [-0.05, 0) is 54.5 Å². The van der Waals surface area contributed by atoms with Gasteiger partial charge in [0.2, 0.25) is 0 Å². The highest BCUT2D eigenvalue weighted by atomic mass is 79.9. The summed E-state index contributed by atoms with van der Waals surface area (Å²) in [6.45, 7) is 0.542. The summed E-state index contributed by atoms with van der Waals surface area (Å²) in [6.07, 6.45) is 2.63. The molecule has 1 N–H and O–H groups in total. The van der Waals surface area contributed by atoms with Crippen molar-refractivity contribution in [3.63, 3.8) is 0 Å². The fraction of sp³-hybridized carbons (Fsp3) is 0.150. The molecule has 0 bridgehead atoms. The number of ether oxygens (including phenoxy) is 1. The molecule has 1 aromatic heterocycles. The molecule has 136 valence electrons. The molecule has 27 heavy (non-hydrogen) atoms. The first-order valence-electron chi connectivity index (χ1n) is 8.30. The third-order valence-electron chi connectivity index (χ3n) is 4.62. The minimum atomic E-state index is -1.05. The molecule has 0 saturated heterocycles. The first-order valence-corrected chi connectivity index (χ1v) is 9.09. The van der Waals surface area contributed by atoms with Gasteiger partial charge in [-0.3, -0.25) is 9.36 Å². The zero-order valence-corrected chi connectivity index (χ0v) is 16.0. The highest BCUT2D eigenvalue weighted by molar-refractivity contribution is 9.10. The predicted molar refractivity (Wildman–Crippen MR) is 106 cm³/mol. The lowest BCUT2D eigenvalue weighted by Crippen LogP contribution is -2.21. The molecule has 0 spiro atoms. The number of aromatic carboxylic acids is 1. The van der Waals surface area contributed by atoms with Crippen molar-refractivity contribution < 1.29 is 14.6 Å². The Kier molecular flexibility index (Phi) is 4.31. The number of halogens is 1. The van der Waals surface area contributed by atoms with Crippen LogP contribution in [0.1, 0.15) is 28.2 Å². The van der Waals surface area contributed by atoms with Gasteiger partial charge in [0.1, 0.15) is 11.6 Å². The number of benzene rings is 2. The summed E-state index contributed by atoms with van der Waals surface area (Å²) in [5, 5.41) is 9.62. The van der Waals surface area contributed by atoms with Gasteiger partial charge in [0.05, 0.1) is 23.6 Å². The molecular weight excluding hydrogens is 412 g/mol. The number of methoxy groups -OCH3 is 1. The first kappa shape index (κ1) is 17.5. The Morgan fingerprint density at radius 3 is 2.85 bits per heavy atom. The molecule has 0 atom stereocenters. The minimum Gasteiger partial charge on any atom is -0.496 e. The van der Waals surface area contributed by atoms with Gasteiger partial charge >= 0.3 is 5.97 Å². The van der Waals surface area contributed by atoms with Gasteiger partial charge in [-0.1, -0.05) is 15.9 Å². The first-order chi connectivity index (χ1) is 13.0. The number of allylic oxidation sites excluding steroid dienone is 1. The van der Waals surface area contributed by atoms with Gasteiger partial charge < -0.3 is 9.84 Å². The molecule has 0 amide bonds. The minimum absolute atomic E-state index is 0.108. The van der Waals surface area contributed by atoms with E-state index < -0.39 is 5.97 Å². The maximum Gasteiger partial charge on any atom is 0.335 e. The molecule has 3 aromatic rings. The van der Waals surface area contributed by atoms with Crippen LogP contribution < -0.4 is 10.3 Å². The van der Waals surface area contributed by atoms with E-state index >= 15 is 0 Å². The largest absolute Gasteiger partial charge is 0.496 e. The van der Waals surface area contributed by atoms with Crippen LogP contribution in [0.25, 0.3) is 22.6 Å². The van der Waals surface area contributed by atoms with Gasteiger partial charge in [-0.25, -0.2) is 9.78 Å². The second-order valence-corrected chi connectivity index (χ2v) is 7.15. The van der Waals surface area contributed by atoms with Gasteiger partial charge in [-0.2, -0.15) is 0 Å². The molecule has 1 aliphatic heterocycles. The number of fused-ring (bicyclic) bond motifs is 2. The Morgan fingerprint density at radius 2 is 2.11 bits per heavy atom. The van der Waals surface area contributed by atoms with Gasteiger partial charge in [0.15, 0.2) is 0 Å². The zero-order valence-electron chi connectivity index (χ0n) is 14.4. The van der Waals surface area contributed by atoms with E-state index in [0.29, 0.717) is 29.7 Å². The van der Waals surface area contributed by atoms with Crippen LogP contribution in [0, 0.1) is 0 Å².